The van der Waals surface area contributed by atoms with E-state index >= 15 is 0 Å². The maximum absolute atomic E-state index is 5.50. The van der Waals surface area contributed by atoms with Crippen molar-refractivity contribution in [1.29, 1.82) is 0 Å². The second-order valence-corrected chi connectivity index (χ2v) is 27.3. The first-order valence-corrected chi connectivity index (χ1v) is 30.0. The molecule has 5 nitrogen and oxygen atoms in total. The van der Waals surface area contributed by atoms with Crippen LogP contribution >= 0.6 is 0 Å². The lowest BCUT2D eigenvalue weighted by Crippen LogP contribution is -2.93. The molecule has 0 N–H and O–H groups in total. The Hall–Kier alpha value is -9.54. The van der Waals surface area contributed by atoms with Crippen LogP contribution in [-0.4, -0.2) is 40.2 Å². The van der Waals surface area contributed by atoms with E-state index in [9.17, 15) is 0 Å². The monoisotopic (exact) mass is 1000 g/mol. The van der Waals surface area contributed by atoms with E-state index in [2.05, 4.69) is 276 Å². The molecule has 4 heterocycles. The largest absolute Gasteiger partial charge is 0.309 e. The minimum atomic E-state index is -3.14. The van der Waals surface area contributed by atoms with Gasteiger partial charge in [0.25, 0.3) is 0 Å². The van der Waals surface area contributed by atoms with Gasteiger partial charge < -0.3 is 4.57 Å². The Morgan fingerprint density at radius 2 is 0.645 bits per heavy atom. The molecule has 15 rings (SSSR count). The average molecular weight is 1000 g/mol. The third kappa shape index (κ3) is 6.40. The van der Waals surface area contributed by atoms with Gasteiger partial charge in [0.1, 0.15) is 0 Å². The summed E-state index contributed by atoms with van der Waals surface area (Å²) in [5, 5.41) is 15.9. The lowest BCUT2D eigenvalue weighted by atomic mass is 10.1. The Bertz CT molecular complexity index is 4390. The minimum absolute atomic E-state index is 0.566. The summed E-state index contributed by atoms with van der Waals surface area (Å²) >= 11 is 0. The summed E-state index contributed by atoms with van der Waals surface area (Å²) in [5.41, 5.74) is 7.13. The van der Waals surface area contributed by atoms with E-state index in [1.807, 2.05) is 18.2 Å². The van der Waals surface area contributed by atoms with Gasteiger partial charge in [0.15, 0.2) is 27.8 Å². The molecule has 0 fully saturated rings. The molecule has 0 amide bonds. The quantitative estimate of drug-likeness (QED) is 0.143. The van der Waals surface area contributed by atoms with Crippen LogP contribution in [0.25, 0.3) is 78.0 Å². The van der Waals surface area contributed by atoms with Crippen LogP contribution in [0, 0.1) is 0 Å². The number of rotatable bonds is 8. The highest BCUT2D eigenvalue weighted by Gasteiger charge is 2.56. The van der Waals surface area contributed by atoms with Crippen molar-refractivity contribution in [2.75, 3.05) is 0 Å². The number of fused-ring (bicyclic) bond motifs is 8. The van der Waals surface area contributed by atoms with Crippen molar-refractivity contribution in [3.63, 3.8) is 0 Å². The smallest absolute Gasteiger partial charge is 0.238 e. The molecule has 76 heavy (non-hydrogen) atoms. The summed E-state index contributed by atoms with van der Waals surface area (Å²) in [7, 11) is -6.04. The van der Waals surface area contributed by atoms with Crippen LogP contribution in [0.2, 0.25) is 0 Å². The topological polar surface area (TPSA) is 48.5 Å². The predicted molar refractivity (Wildman–Crippen MR) is 320 cm³/mol. The van der Waals surface area contributed by atoms with Gasteiger partial charge in [-0.15, -0.1) is 0 Å². The molecule has 0 unspecified atom stereocenters. The maximum Gasteiger partial charge on any atom is 0.238 e. The summed E-state index contributed by atoms with van der Waals surface area (Å²) in [6.07, 6.45) is 0. The number of hydrogen-bond donors (Lipinski definition) is 0. The van der Waals surface area contributed by atoms with Gasteiger partial charge in [0, 0.05) is 32.7 Å². The molecule has 3 aromatic heterocycles. The Labute approximate surface area is 442 Å². The third-order valence-electron chi connectivity index (χ3n) is 16.0. The normalized spacial score (nSPS) is 13.5. The predicted octanol–water partition coefficient (Wildman–Crippen LogP) is 10.5. The number of nitrogens with zero attached hydrogens (tertiary/aromatic N) is 5. The van der Waals surface area contributed by atoms with E-state index < -0.39 is 16.1 Å². The molecule has 14 aromatic rings. The first-order valence-electron chi connectivity index (χ1n) is 26.0. The average Bonchev–Trinajstić information content (AvgIpc) is 4.05. The second-order valence-electron chi connectivity index (χ2n) is 19.8. The molecular formula is C69H47N5Si2. The van der Waals surface area contributed by atoms with Crippen LogP contribution in [0.3, 0.4) is 0 Å². The maximum atomic E-state index is 5.50. The Morgan fingerprint density at radius 3 is 1.16 bits per heavy atom. The highest BCUT2D eigenvalue weighted by Crippen LogP contribution is 2.37. The van der Waals surface area contributed by atoms with Crippen molar-refractivity contribution in [2.24, 2.45) is 0 Å². The molecule has 0 saturated carbocycles. The number of benzene rings is 11. The van der Waals surface area contributed by atoms with Crippen LogP contribution < -0.4 is 41.5 Å². The first kappa shape index (κ1) is 44.0. The van der Waals surface area contributed by atoms with E-state index in [1.54, 1.807) is 0 Å². The van der Waals surface area contributed by atoms with E-state index in [0.717, 1.165) is 49.7 Å². The summed E-state index contributed by atoms with van der Waals surface area (Å²) < 4.78 is 4.66. The van der Waals surface area contributed by atoms with Crippen LogP contribution in [0.4, 0.5) is 0 Å². The molecule has 0 radical (unpaired) electrons. The van der Waals surface area contributed by atoms with Crippen molar-refractivity contribution < 1.29 is 0 Å². The zero-order chi connectivity index (χ0) is 50.2. The fourth-order valence-corrected chi connectivity index (χ4v) is 25.1. The molecule has 1 aliphatic rings. The second kappa shape index (κ2) is 17.6. The Kier molecular flexibility index (Phi) is 10.2. The summed E-state index contributed by atoms with van der Waals surface area (Å²) in [4.78, 5) is 16.2. The summed E-state index contributed by atoms with van der Waals surface area (Å²) in [6, 6.07) is 105. The zero-order valence-corrected chi connectivity index (χ0v) is 43.4. The molecular weight excluding hydrogens is 955 g/mol. The molecule has 1 aliphatic heterocycles. The van der Waals surface area contributed by atoms with Crippen molar-refractivity contribution in [3.05, 3.63) is 285 Å². The summed E-state index contributed by atoms with van der Waals surface area (Å²) in [6.45, 7) is 0. The van der Waals surface area contributed by atoms with Crippen molar-refractivity contribution in [1.82, 2.24) is 24.1 Å². The first-order chi connectivity index (χ1) is 37.7. The van der Waals surface area contributed by atoms with Crippen LogP contribution in [-0.2, 0) is 0 Å². The molecule has 0 spiro atoms. The molecule has 11 aromatic carbocycles. The Morgan fingerprint density at radius 1 is 0.263 bits per heavy atom. The van der Waals surface area contributed by atoms with Crippen molar-refractivity contribution in [2.45, 2.75) is 0 Å². The van der Waals surface area contributed by atoms with Gasteiger partial charge in [-0.1, -0.05) is 249 Å². The molecule has 0 saturated heterocycles. The van der Waals surface area contributed by atoms with Gasteiger partial charge in [0.05, 0.1) is 27.8 Å². The van der Waals surface area contributed by atoms with E-state index in [1.165, 1.54) is 52.3 Å². The van der Waals surface area contributed by atoms with Crippen molar-refractivity contribution >= 4 is 101 Å². The third-order valence-corrected chi connectivity index (χ3v) is 26.3. The van der Waals surface area contributed by atoms with Crippen LogP contribution in [0.1, 0.15) is 0 Å². The Balaban J connectivity index is 1.02. The molecule has 7 heteroatoms. The highest BCUT2D eigenvalue weighted by molar-refractivity contribution is 7.33. The molecule has 0 atom stereocenters. The molecule has 356 valence electrons. The van der Waals surface area contributed by atoms with E-state index in [4.69, 9.17) is 15.0 Å². The summed E-state index contributed by atoms with van der Waals surface area (Å²) in [5.74, 6) is 1.77. The fraction of sp³-hybridized carbons (Fsp3) is 0. The standard InChI is InChI=1S/C69H47N5Si2/c1-5-25-48(26-6-1)67-70-68(72-69(71-67)74-59-38-18-14-33-53(59)54-34-15-19-39-60(54)74)57-36-16-20-40-61(57)73-58-37-17-13-35-55(58)56-46-45-52(47-62(56)73)76(51-31-11-4-12-32-51)65-43-23-21-41-63(65)75(49-27-7-2-8-28-49,50-29-9-3-10-30-50)64-42-22-24-44-66(64)76/h1-47H. The fourth-order valence-electron chi connectivity index (χ4n) is 13.0. The highest BCUT2D eigenvalue weighted by atomic mass is 28.3. The van der Waals surface area contributed by atoms with Gasteiger partial charge in [-0.3, -0.25) is 4.57 Å². The van der Waals surface area contributed by atoms with Crippen molar-refractivity contribution in [3.8, 4) is 34.4 Å². The number of aromatic nitrogens is 5. The lowest BCUT2D eigenvalue weighted by molar-refractivity contribution is 0.951. The lowest BCUT2D eigenvalue weighted by Gasteiger charge is -2.48. The van der Waals surface area contributed by atoms with E-state index in [-0.39, 0.29) is 0 Å². The SMILES string of the molecule is c1ccc(-c2nc(-c3ccccc3-n3c4ccccc4c4ccc([Si]5(c6ccccc6)c6ccccc6[Si](c6ccccc6)(c6ccccc6)c6ccccc65)cc43)nc(-n3c4ccccc4c4ccccc43)n2)cc1. The zero-order valence-electron chi connectivity index (χ0n) is 41.4. The number of hydrogen-bond acceptors (Lipinski definition) is 3. The van der Waals surface area contributed by atoms with E-state index in [0.29, 0.717) is 17.6 Å². The number of para-hydroxylation sites is 4. The van der Waals surface area contributed by atoms with Gasteiger partial charge >= 0.3 is 0 Å². The molecule has 0 aliphatic carbocycles. The van der Waals surface area contributed by atoms with Gasteiger partial charge in [-0.2, -0.15) is 9.97 Å². The van der Waals surface area contributed by atoms with Gasteiger partial charge in [0.2, 0.25) is 5.95 Å². The van der Waals surface area contributed by atoms with Crippen LogP contribution in [0.15, 0.2) is 285 Å². The minimum Gasteiger partial charge on any atom is -0.309 e. The van der Waals surface area contributed by atoms with Crippen LogP contribution in [0.5, 0.6) is 0 Å². The van der Waals surface area contributed by atoms with Gasteiger partial charge in [-0.25, -0.2) is 4.98 Å². The molecule has 0 bridgehead atoms. The van der Waals surface area contributed by atoms with Gasteiger partial charge in [-0.05, 0) is 77.9 Å².